The van der Waals surface area contributed by atoms with Gasteiger partial charge in [-0.3, -0.25) is 0 Å². The number of halogens is 1. The van der Waals surface area contributed by atoms with Crippen LogP contribution in [0.25, 0.3) is 0 Å². The predicted octanol–water partition coefficient (Wildman–Crippen LogP) is 1.92. The summed E-state index contributed by atoms with van der Waals surface area (Å²) in [5, 5.41) is 0.768. The van der Waals surface area contributed by atoms with Gasteiger partial charge >= 0.3 is 0 Å². The molecule has 1 aliphatic rings. The third-order valence-electron chi connectivity index (χ3n) is 3.66. The Morgan fingerprint density at radius 1 is 1.00 bits per heavy atom. The third kappa shape index (κ3) is 3.25. The Kier molecular flexibility index (Phi) is 4.22. The van der Waals surface area contributed by atoms with Crippen molar-refractivity contribution in [2.75, 3.05) is 36.0 Å². The number of nitrogens with two attached hydrogens (primary N) is 1. The summed E-state index contributed by atoms with van der Waals surface area (Å²) in [4.78, 5) is 13.4. The number of piperazine rings is 1. The highest BCUT2D eigenvalue weighted by Gasteiger charge is 2.19. The first-order chi connectivity index (χ1) is 10.3. The average Bonchev–Trinajstić information content (AvgIpc) is 2.56. The van der Waals surface area contributed by atoms with E-state index < -0.39 is 0 Å². The standard InChI is InChI=1S/C15H18ClN5/c16-12-1-3-14(4-2-12)20-7-9-21(10-8-20)15-18-6-5-13(11-17)19-15/h1-6H,7-11,17H2. The molecule has 0 unspecified atom stereocenters. The van der Waals surface area contributed by atoms with Crippen molar-refractivity contribution in [3.8, 4) is 0 Å². The summed E-state index contributed by atoms with van der Waals surface area (Å²) >= 11 is 5.93. The van der Waals surface area contributed by atoms with Crippen LogP contribution in [0, 0.1) is 0 Å². The lowest BCUT2D eigenvalue weighted by atomic mass is 10.2. The van der Waals surface area contributed by atoms with E-state index in [0.29, 0.717) is 6.54 Å². The van der Waals surface area contributed by atoms with E-state index in [0.717, 1.165) is 42.8 Å². The second-order valence-corrected chi connectivity index (χ2v) is 5.44. The largest absolute Gasteiger partial charge is 0.368 e. The monoisotopic (exact) mass is 303 g/mol. The smallest absolute Gasteiger partial charge is 0.225 e. The van der Waals surface area contributed by atoms with Crippen LogP contribution in [0.4, 0.5) is 11.6 Å². The topological polar surface area (TPSA) is 58.3 Å². The third-order valence-corrected chi connectivity index (χ3v) is 3.92. The second-order valence-electron chi connectivity index (χ2n) is 5.00. The number of hydrogen-bond donors (Lipinski definition) is 1. The molecule has 0 saturated carbocycles. The van der Waals surface area contributed by atoms with Crippen molar-refractivity contribution in [3.05, 3.63) is 47.2 Å². The molecule has 21 heavy (non-hydrogen) atoms. The van der Waals surface area contributed by atoms with E-state index >= 15 is 0 Å². The number of anilines is 2. The van der Waals surface area contributed by atoms with Crippen LogP contribution in [0.1, 0.15) is 5.69 Å². The zero-order valence-electron chi connectivity index (χ0n) is 11.7. The van der Waals surface area contributed by atoms with Crippen LogP contribution in [0.15, 0.2) is 36.5 Å². The molecule has 2 heterocycles. The van der Waals surface area contributed by atoms with Crippen molar-refractivity contribution in [2.24, 2.45) is 5.73 Å². The van der Waals surface area contributed by atoms with Crippen molar-refractivity contribution in [2.45, 2.75) is 6.54 Å². The lowest BCUT2D eigenvalue weighted by molar-refractivity contribution is 0.638. The number of aromatic nitrogens is 2. The SMILES string of the molecule is NCc1ccnc(N2CCN(c3ccc(Cl)cc3)CC2)n1. The molecule has 2 aromatic rings. The molecule has 1 aromatic heterocycles. The number of nitrogens with zero attached hydrogens (tertiary/aromatic N) is 4. The molecule has 0 bridgehead atoms. The lowest BCUT2D eigenvalue weighted by Gasteiger charge is -2.36. The highest BCUT2D eigenvalue weighted by atomic mass is 35.5. The summed E-state index contributed by atoms with van der Waals surface area (Å²) in [6.45, 7) is 4.13. The van der Waals surface area contributed by atoms with Crippen molar-refractivity contribution in [1.29, 1.82) is 0 Å². The molecular weight excluding hydrogens is 286 g/mol. The number of benzene rings is 1. The maximum absolute atomic E-state index is 5.93. The molecule has 1 saturated heterocycles. The fraction of sp³-hybridized carbons (Fsp3) is 0.333. The zero-order chi connectivity index (χ0) is 14.7. The molecular formula is C15H18ClN5. The van der Waals surface area contributed by atoms with Crippen LogP contribution >= 0.6 is 11.6 Å². The number of hydrogen-bond acceptors (Lipinski definition) is 5. The van der Waals surface area contributed by atoms with E-state index in [1.165, 1.54) is 5.69 Å². The molecule has 0 atom stereocenters. The maximum atomic E-state index is 5.93. The fourth-order valence-electron chi connectivity index (χ4n) is 2.47. The molecule has 1 fully saturated rings. The van der Waals surface area contributed by atoms with Crippen LogP contribution in [0.5, 0.6) is 0 Å². The first-order valence-electron chi connectivity index (χ1n) is 7.04. The Bertz CT molecular complexity index is 593. The molecule has 0 aliphatic carbocycles. The van der Waals surface area contributed by atoms with E-state index in [1.54, 1.807) is 6.20 Å². The molecule has 110 valence electrons. The molecule has 6 heteroatoms. The van der Waals surface area contributed by atoms with Crippen molar-refractivity contribution < 1.29 is 0 Å². The number of rotatable bonds is 3. The van der Waals surface area contributed by atoms with Gasteiger partial charge in [-0.05, 0) is 30.3 Å². The van der Waals surface area contributed by atoms with E-state index in [9.17, 15) is 0 Å². The Labute approximate surface area is 129 Å². The predicted molar refractivity (Wildman–Crippen MR) is 85.8 cm³/mol. The molecule has 1 aliphatic heterocycles. The second kappa shape index (κ2) is 6.28. The fourth-order valence-corrected chi connectivity index (χ4v) is 2.59. The van der Waals surface area contributed by atoms with Crippen LogP contribution in [0.2, 0.25) is 5.02 Å². The van der Waals surface area contributed by atoms with Gasteiger partial charge in [0.25, 0.3) is 0 Å². The average molecular weight is 304 g/mol. The first kappa shape index (κ1) is 14.1. The van der Waals surface area contributed by atoms with Gasteiger partial charge in [0, 0.05) is 49.6 Å². The quantitative estimate of drug-likeness (QED) is 0.939. The minimum Gasteiger partial charge on any atom is -0.368 e. The van der Waals surface area contributed by atoms with E-state index in [4.69, 9.17) is 17.3 Å². The first-order valence-corrected chi connectivity index (χ1v) is 7.41. The van der Waals surface area contributed by atoms with Gasteiger partial charge in [0.05, 0.1) is 5.69 Å². The molecule has 5 nitrogen and oxygen atoms in total. The van der Waals surface area contributed by atoms with Gasteiger partial charge in [-0.2, -0.15) is 0 Å². The van der Waals surface area contributed by atoms with Crippen LogP contribution < -0.4 is 15.5 Å². The minimum atomic E-state index is 0.445. The van der Waals surface area contributed by atoms with Crippen molar-refractivity contribution in [3.63, 3.8) is 0 Å². The van der Waals surface area contributed by atoms with Gasteiger partial charge < -0.3 is 15.5 Å². The van der Waals surface area contributed by atoms with E-state index in [-0.39, 0.29) is 0 Å². The molecule has 2 N–H and O–H groups in total. The summed E-state index contributed by atoms with van der Waals surface area (Å²) in [5.74, 6) is 0.772. The van der Waals surface area contributed by atoms with E-state index in [2.05, 4.69) is 31.9 Å². The van der Waals surface area contributed by atoms with Gasteiger partial charge in [0.2, 0.25) is 5.95 Å². The summed E-state index contributed by atoms with van der Waals surface area (Å²) in [6.07, 6.45) is 1.77. The highest BCUT2D eigenvalue weighted by Crippen LogP contribution is 2.20. The van der Waals surface area contributed by atoms with Gasteiger partial charge in [0.15, 0.2) is 0 Å². The Morgan fingerprint density at radius 3 is 2.33 bits per heavy atom. The lowest BCUT2D eigenvalue weighted by Crippen LogP contribution is -2.47. The molecule has 3 rings (SSSR count). The van der Waals surface area contributed by atoms with Gasteiger partial charge in [0.1, 0.15) is 0 Å². The van der Waals surface area contributed by atoms with E-state index in [1.807, 2.05) is 18.2 Å². The van der Waals surface area contributed by atoms with Crippen LogP contribution in [-0.4, -0.2) is 36.1 Å². The summed E-state index contributed by atoms with van der Waals surface area (Å²) in [7, 11) is 0. The molecule has 0 radical (unpaired) electrons. The summed E-state index contributed by atoms with van der Waals surface area (Å²) in [5.41, 5.74) is 7.71. The van der Waals surface area contributed by atoms with Gasteiger partial charge in [-0.15, -0.1) is 0 Å². The maximum Gasteiger partial charge on any atom is 0.225 e. The van der Waals surface area contributed by atoms with Gasteiger partial charge in [-0.25, -0.2) is 9.97 Å². The highest BCUT2D eigenvalue weighted by molar-refractivity contribution is 6.30. The van der Waals surface area contributed by atoms with Crippen molar-refractivity contribution >= 4 is 23.2 Å². The molecule has 0 spiro atoms. The molecule has 1 aromatic carbocycles. The van der Waals surface area contributed by atoms with Crippen molar-refractivity contribution in [1.82, 2.24) is 9.97 Å². The Morgan fingerprint density at radius 2 is 1.67 bits per heavy atom. The zero-order valence-corrected chi connectivity index (χ0v) is 12.5. The van der Waals surface area contributed by atoms with Crippen LogP contribution in [0.3, 0.4) is 0 Å². The summed E-state index contributed by atoms with van der Waals surface area (Å²) in [6, 6.07) is 9.83. The Hall–Kier alpha value is -1.85. The van der Waals surface area contributed by atoms with Gasteiger partial charge in [-0.1, -0.05) is 11.6 Å². The Balaban J connectivity index is 1.65. The van der Waals surface area contributed by atoms with Crippen LogP contribution in [-0.2, 0) is 6.54 Å². The molecule has 0 amide bonds. The normalized spacial score (nSPS) is 15.3. The summed E-state index contributed by atoms with van der Waals surface area (Å²) < 4.78 is 0. The minimum absolute atomic E-state index is 0.445.